The van der Waals surface area contributed by atoms with Crippen molar-refractivity contribution in [2.45, 2.75) is 45.1 Å². The van der Waals surface area contributed by atoms with E-state index in [1.807, 2.05) is 6.20 Å². The van der Waals surface area contributed by atoms with Crippen molar-refractivity contribution in [1.29, 1.82) is 0 Å². The third-order valence-corrected chi connectivity index (χ3v) is 4.83. The van der Waals surface area contributed by atoms with Crippen LogP contribution in [0.15, 0.2) is 17.8 Å². The number of hydrogen-bond acceptors (Lipinski definition) is 5. The smallest absolute Gasteiger partial charge is 0.122 e. The van der Waals surface area contributed by atoms with Gasteiger partial charge in [0.15, 0.2) is 0 Å². The number of fused-ring (bicyclic) bond motifs is 1. The lowest BCUT2D eigenvalue weighted by Gasteiger charge is -2.26. The maximum atomic E-state index is 4.73. The lowest BCUT2D eigenvalue weighted by Crippen LogP contribution is -2.33. The molecule has 2 aromatic rings. The number of rotatable bonds is 5. The molecule has 0 saturated heterocycles. The van der Waals surface area contributed by atoms with E-state index in [0.29, 0.717) is 0 Å². The molecule has 4 rings (SSSR count). The van der Waals surface area contributed by atoms with Crippen LogP contribution >= 0.6 is 11.3 Å². The van der Waals surface area contributed by atoms with Crippen molar-refractivity contribution >= 4 is 11.3 Å². The largest absolute Gasteiger partial charge is 0.333 e. The van der Waals surface area contributed by atoms with E-state index >= 15 is 0 Å². The Labute approximate surface area is 122 Å². The Morgan fingerprint density at radius 3 is 3.20 bits per heavy atom. The van der Waals surface area contributed by atoms with Gasteiger partial charge < -0.3 is 9.88 Å². The van der Waals surface area contributed by atoms with Crippen LogP contribution < -0.4 is 5.32 Å². The molecular formula is C14H19N5S. The number of thiazole rings is 1. The van der Waals surface area contributed by atoms with Gasteiger partial charge in [-0.2, -0.15) is 0 Å². The number of imidazole rings is 1. The van der Waals surface area contributed by atoms with Gasteiger partial charge in [-0.25, -0.2) is 9.97 Å². The first-order valence-corrected chi connectivity index (χ1v) is 8.14. The van der Waals surface area contributed by atoms with Gasteiger partial charge in [-0.15, -0.1) is 11.3 Å². The molecule has 5 nitrogen and oxygen atoms in total. The average Bonchev–Trinajstić information content (AvgIpc) is 2.99. The maximum Gasteiger partial charge on any atom is 0.122 e. The van der Waals surface area contributed by atoms with E-state index < -0.39 is 0 Å². The predicted molar refractivity (Wildman–Crippen MR) is 78.3 cm³/mol. The summed E-state index contributed by atoms with van der Waals surface area (Å²) < 4.78 is 2.24. The number of hydrogen-bond donors (Lipinski definition) is 1. The van der Waals surface area contributed by atoms with Crippen molar-refractivity contribution < 1.29 is 0 Å². The lowest BCUT2D eigenvalue weighted by molar-refractivity contribution is 0.207. The summed E-state index contributed by atoms with van der Waals surface area (Å²) in [6, 6.07) is 0.753. The van der Waals surface area contributed by atoms with E-state index in [1.165, 1.54) is 29.4 Å². The SMILES string of the molecule is c1cn2c(n1)CN(Cc1csc(CNC3CC3)n1)CC2. The second-order valence-electron chi connectivity index (χ2n) is 5.64. The van der Waals surface area contributed by atoms with Gasteiger partial charge in [0, 0.05) is 50.0 Å². The third kappa shape index (κ3) is 2.77. The fourth-order valence-electron chi connectivity index (χ4n) is 2.61. The molecule has 106 valence electrons. The van der Waals surface area contributed by atoms with Gasteiger partial charge in [0.05, 0.1) is 12.2 Å². The molecule has 0 amide bonds. The van der Waals surface area contributed by atoms with E-state index in [2.05, 4.69) is 31.3 Å². The third-order valence-electron chi connectivity index (χ3n) is 3.93. The van der Waals surface area contributed by atoms with Crippen LogP contribution in [0.4, 0.5) is 0 Å². The molecule has 1 aliphatic heterocycles. The standard InChI is InChI=1S/C14H19N5S/c1-2-11(1)16-7-14-17-12(10-20-14)8-18-5-6-19-4-3-15-13(19)9-18/h3-4,10-11,16H,1-2,5-9H2. The van der Waals surface area contributed by atoms with Gasteiger partial charge in [-0.3, -0.25) is 4.90 Å². The second kappa shape index (κ2) is 5.27. The summed E-state index contributed by atoms with van der Waals surface area (Å²) in [5.74, 6) is 1.17. The zero-order valence-electron chi connectivity index (χ0n) is 11.5. The maximum absolute atomic E-state index is 4.73. The molecule has 1 aliphatic carbocycles. The monoisotopic (exact) mass is 289 g/mol. The van der Waals surface area contributed by atoms with Crippen molar-refractivity contribution in [2.24, 2.45) is 0 Å². The number of nitrogens with one attached hydrogen (secondary N) is 1. The summed E-state index contributed by atoms with van der Waals surface area (Å²) in [4.78, 5) is 11.6. The van der Waals surface area contributed by atoms with Gasteiger partial charge in [-0.05, 0) is 12.8 Å². The van der Waals surface area contributed by atoms with Crippen molar-refractivity contribution in [1.82, 2.24) is 24.8 Å². The van der Waals surface area contributed by atoms with Gasteiger partial charge in [0.25, 0.3) is 0 Å². The molecule has 2 aliphatic rings. The number of aromatic nitrogens is 3. The molecule has 0 spiro atoms. The van der Waals surface area contributed by atoms with E-state index in [-0.39, 0.29) is 0 Å². The quantitative estimate of drug-likeness (QED) is 0.908. The minimum Gasteiger partial charge on any atom is -0.333 e. The van der Waals surface area contributed by atoms with Crippen LogP contribution in [0, 0.1) is 0 Å². The van der Waals surface area contributed by atoms with E-state index in [0.717, 1.165) is 38.8 Å². The van der Waals surface area contributed by atoms with Crippen molar-refractivity contribution in [3.63, 3.8) is 0 Å². The molecule has 0 radical (unpaired) electrons. The molecule has 20 heavy (non-hydrogen) atoms. The Morgan fingerprint density at radius 1 is 1.35 bits per heavy atom. The summed E-state index contributed by atoms with van der Waals surface area (Å²) >= 11 is 1.77. The van der Waals surface area contributed by atoms with Crippen LogP contribution in [0.25, 0.3) is 0 Å². The molecule has 1 N–H and O–H groups in total. The summed E-state index contributed by atoms with van der Waals surface area (Å²) in [5, 5.41) is 6.93. The van der Waals surface area contributed by atoms with Gasteiger partial charge in [0.1, 0.15) is 10.8 Å². The van der Waals surface area contributed by atoms with Crippen LogP contribution in [-0.2, 0) is 26.2 Å². The fourth-order valence-corrected chi connectivity index (χ4v) is 3.35. The normalized spacial score (nSPS) is 19.2. The Hall–Kier alpha value is -1.24. The molecule has 0 unspecified atom stereocenters. The topological polar surface area (TPSA) is 46.0 Å². The molecule has 2 aromatic heterocycles. The van der Waals surface area contributed by atoms with Gasteiger partial charge in [0.2, 0.25) is 0 Å². The van der Waals surface area contributed by atoms with Crippen molar-refractivity contribution in [3.05, 3.63) is 34.3 Å². The second-order valence-corrected chi connectivity index (χ2v) is 6.58. The molecule has 0 aromatic carbocycles. The average molecular weight is 289 g/mol. The van der Waals surface area contributed by atoms with Crippen LogP contribution in [0.3, 0.4) is 0 Å². The first-order valence-electron chi connectivity index (χ1n) is 7.26. The molecular weight excluding hydrogens is 270 g/mol. The molecule has 1 fully saturated rings. The van der Waals surface area contributed by atoms with E-state index in [1.54, 1.807) is 11.3 Å². The highest BCUT2D eigenvalue weighted by atomic mass is 32.1. The first kappa shape index (κ1) is 12.5. The highest BCUT2D eigenvalue weighted by molar-refractivity contribution is 7.09. The predicted octanol–water partition coefficient (Wildman–Crippen LogP) is 1.61. The minimum absolute atomic E-state index is 0.753. The summed E-state index contributed by atoms with van der Waals surface area (Å²) in [6.07, 6.45) is 6.62. The highest BCUT2D eigenvalue weighted by Gasteiger charge is 2.21. The van der Waals surface area contributed by atoms with Crippen molar-refractivity contribution in [3.8, 4) is 0 Å². The highest BCUT2D eigenvalue weighted by Crippen LogP contribution is 2.20. The molecule has 3 heterocycles. The number of nitrogens with zero attached hydrogens (tertiary/aromatic N) is 4. The first-order chi connectivity index (χ1) is 9.87. The molecule has 1 saturated carbocycles. The lowest BCUT2D eigenvalue weighted by atomic mass is 10.3. The summed E-state index contributed by atoms with van der Waals surface area (Å²) in [6.45, 7) is 4.92. The molecule has 0 atom stereocenters. The Morgan fingerprint density at radius 2 is 2.30 bits per heavy atom. The zero-order valence-corrected chi connectivity index (χ0v) is 12.3. The van der Waals surface area contributed by atoms with Crippen molar-refractivity contribution in [2.75, 3.05) is 6.54 Å². The fraction of sp³-hybridized carbons (Fsp3) is 0.571. The Balaban J connectivity index is 1.34. The molecule has 0 bridgehead atoms. The van der Waals surface area contributed by atoms with E-state index in [9.17, 15) is 0 Å². The zero-order chi connectivity index (χ0) is 13.4. The van der Waals surface area contributed by atoms with Gasteiger partial charge in [-0.1, -0.05) is 0 Å². The van der Waals surface area contributed by atoms with Crippen LogP contribution in [-0.4, -0.2) is 32.0 Å². The Bertz CT molecular complexity index is 586. The Kier molecular flexibility index (Phi) is 3.29. The van der Waals surface area contributed by atoms with E-state index in [4.69, 9.17) is 4.98 Å². The summed E-state index contributed by atoms with van der Waals surface area (Å²) in [5.41, 5.74) is 1.20. The van der Waals surface area contributed by atoms with Gasteiger partial charge >= 0.3 is 0 Å². The van der Waals surface area contributed by atoms with Crippen LogP contribution in [0.1, 0.15) is 29.4 Å². The van der Waals surface area contributed by atoms with Crippen LogP contribution in [0.2, 0.25) is 0 Å². The molecule has 6 heteroatoms. The van der Waals surface area contributed by atoms with Crippen LogP contribution in [0.5, 0.6) is 0 Å². The minimum atomic E-state index is 0.753. The summed E-state index contributed by atoms with van der Waals surface area (Å²) in [7, 11) is 0.